The molecule has 0 spiro atoms. The topological polar surface area (TPSA) is 116 Å². The number of ether oxygens (including phenoxy) is 3. The molecule has 10 heteroatoms. The normalized spacial score (nSPS) is 15.2. The zero-order valence-corrected chi connectivity index (χ0v) is 22.7. The average molecular weight is 500 g/mol. The van der Waals surface area contributed by atoms with Gasteiger partial charge in [0.05, 0.1) is 6.61 Å². The molecule has 0 aliphatic heterocycles. The highest BCUT2D eigenvalue weighted by Gasteiger charge is 2.34. The predicted molar refractivity (Wildman–Crippen MR) is 132 cm³/mol. The van der Waals surface area contributed by atoms with Crippen molar-refractivity contribution in [1.29, 1.82) is 0 Å². The molecule has 0 aliphatic rings. The first-order valence-electron chi connectivity index (χ1n) is 11.8. The Hall–Kier alpha value is -2.20. The molecule has 2 N–H and O–H groups in total. The number of aromatic nitrogens is 1. The van der Waals surface area contributed by atoms with Crippen molar-refractivity contribution in [1.82, 2.24) is 15.6 Å². The van der Waals surface area contributed by atoms with E-state index in [2.05, 4.69) is 29.5 Å². The Balaban J connectivity index is 3.18. The second-order valence-corrected chi connectivity index (χ2v) is 10.5. The summed E-state index contributed by atoms with van der Waals surface area (Å²) in [6, 6.07) is -0.854. The summed E-state index contributed by atoms with van der Waals surface area (Å²) in [5.41, 5.74) is -0.517. The van der Waals surface area contributed by atoms with E-state index in [0.29, 0.717) is 17.8 Å². The number of hydrogen-bond acceptors (Lipinski definition) is 9. The van der Waals surface area contributed by atoms with Gasteiger partial charge in [-0.05, 0) is 46.6 Å². The van der Waals surface area contributed by atoms with Gasteiger partial charge >= 0.3 is 18.0 Å². The van der Waals surface area contributed by atoms with Crippen LogP contribution in [0.2, 0.25) is 0 Å². The summed E-state index contributed by atoms with van der Waals surface area (Å²) in [5, 5.41) is 8.02. The van der Waals surface area contributed by atoms with Crippen LogP contribution in [0.4, 0.5) is 4.79 Å². The van der Waals surface area contributed by atoms with E-state index in [-0.39, 0.29) is 30.2 Å². The number of carbonyl (C=O) groups is 3. The number of amides is 1. The quantitative estimate of drug-likeness (QED) is 0.319. The Labute approximate surface area is 207 Å². The lowest BCUT2D eigenvalue weighted by molar-refractivity contribution is -0.154. The molecule has 0 radical (unpaired) electrons. The number of carbonyl (C=O) groups excluding carboxylic acids is 3. The van der Waals surface area contributed by atoms with Gasteiger partial charge in [0.2, 0.25) is 0 Å². The van der Waals surface area contributed by atoms with Crippen LogP contribution in [-0.4, -0.2) is 54.4 Å². The number of hydrogen-bond donors (Lipinski definition) is 2. The fourth-order valence-corrected chi connectivity index (χ4v) is 4.03. The van der Waals surface area contributed by atoms with E-state index in [0.717, 1.165) is 0 Å². The third-order valence-corrected chi connectivity index (χ3v) is 6.26. The lowest BCUT2D eigenvalue weighted by atomic mass is 9.97. The Morgan fingerprint density at radius 2 is 1.79 bits per heavy atom. The van der Waals surface area contributed by atoms with Crippen LogP contribution in [0.1, 0.15) is 89.8 Å². The predicted octanol–water partition coefficient (Wildman–Crippen LogP) is 4.48. The SMILES string of the molecule is CCOC(=O)c1csc([C@@H](C[C@@H](NC)C(C)C)OC(=O)[C@@H](NC(=O)OC(C)(C)C)[C@@H](C)CC)n1. The van der Waals surface area contributed by atoms with E-state index in [1.165, 1.54) is 11.3 Å². The van der Waals surface area contributed by atoms with Crippen molar-refractivity contribution in [2.45, 2.75) is 92.0 Å². The number of esters is 2. The minimum atomic E-state index is -0.890. The Kier molecular flexibility index (Phi) is 12.0. The van der Waals surface area contributed by atoms with Gasteiger partial charge in [0.15, 0.2) is 11.8 Å². The molecular formula is C24H41N3O6S. The molecule has 194 valence electrons. The molecule has 0 saturated heterocycles. The van der Waals surface area contributed by atoms with Crippen LogP contribution in [-0.2, 0) is 19.0 Å². The first-order chi connectivity index (χ1) is 15.8. The van der Waals surface area contributed by atoms with E-state index >= 15 is 0 Å². The summed E-state index contributed by atoms with van der Waals surface area (Å²) < 4.78 is 16.3. The number of thiazole rings is 1. The zero-order chi connectivity index (χ0) is 26.1. The largest absolute Gasteiger partial charge is 0.461 e. The fraction of sp³-hybridized carbons (Fsp3) is 0.750. The van der Waals surface area contributed by atoms with Gasteiger partial charge < -0.3 is 24.8 Å². The Morgan fingerprint density at radius 1 is 1.15 bits per heavy atom. The molecular weight excluding hydrogens is 458 g/mol. The third kappa shape index (κ3) is 9.58. The standard InChI is InChI=1S/C24H41N3O6S/c1-10-15(5)19(27-23(30)33-24(6,7)8)22(29)32-18(12-16(25-9)14(3)4)20-26-17(13-34-20)21(28)31-11-2/h13-16,18-19,25H,10-12H2,1-9H3,(H,27,30)/t15-,16+,18+,19-/m0/s1. The van der Waals surface area contributed by atoms with Crippen molar-refractivity contribution in [2.75, 3.05) is 13.7 Å². The highest BCUT2D eigenvalue weighted by Crippen LogP contribution is 2.29. The lowest BCUT2D eigenvalue weighted by Crippen LogP contribution is -2.48. The molecule has 0 unspecified atom stereocenters. The first kappa shape index (κ1) is 29.8. The third-order valence-electron chi connectivity index (χ3n) is 5.32. The van der Waals surface area contributed by atoms with Crippen molar-refractivity contribution in [3.05, 3.63) is 16.1 Å². The van der Waals surface area contributed by atoms with Crippen LogP contribution in [0, 0.1) is 11.8 Å². The van der Waals surface area contributed by atoms with Crippen molar-refractivity contribution < 1.29 is 28.6 Å². The van der Waals surface area contributed by atoms with E-state index in [4.69, 9.17) is 14.2 Å². The Bertz CT molecular complexity index is 805. The number of nitrogens with one attached hydrogen (secondary N) is 2. The average Bonchev–Trinajstić information content (AvgIpc) is 3.23. The highest BCUT2D eigenvalue weighted by molar-refractivity contribution is 7.09. The summed E-state index contributed by atoms with van der Waals surface area (Å²) in [5.74, 6) is -1.01. The first-order valence-corrected chi connectivity index (χ1v) is 12.7. The molecule has 4 atom stereocenters. The summed E-state index contributed by atoms with van der Waals surface area (Å²) in [6.45, 7) is 15.2. The number of alkyl carbamates (subject to hydrolysis) is 1. The summed E-state index contributed by atoms with van der Waals surface area (Å²) in [6.07, 6.45) is -0.279. The maximum atomic E-state index is 13.3. The Morgan fingerprint density at radius 3 is 2.29 bits per heavy atom. The van der Waals surface area contributed by atoms with Gasteiger partial charge in [-0.1, -0.05) is 34.1 Å². The van der Waals surface area contributed by atoms with E-state index in [1.807, 2.05) is 20.9 Å². The van der Waals surface area contributed by atoms with Gasteiger partial charge in [-0.15, -0.1) is 11.3 Å². The zero-order valence-electron chi connectivity index (χ0n) is 21.9. The van der Waals surface area contributed by atoms with Gasteiger partial charge in [-0.25, -0.2) is 19.4 Å². The molecule has 0 aliphatic carbocycles. The molecule has 1 amide bonds. The monoisotopic (exact) mass is 499 g/mol. The molecule has 0 bridgehead atoms. The summed E-state index contributed by atoms with van der Waals surface area (Å²) in [4.78, 5) is 42.2. The van der Waals surface area contributed by atoms with Crippen LogP contribution in [0.15, 0.2) is 5.38 Å². The molecule has 0 aromatic carbocycles. The minimum absolute atomic E-state index is 0.0357. The van der Waals surface area contributed by atoms with E-state index in [9.17, 15) is 14.4 Å². The minimum Gasteiger partial charge on any atom is -0.461 e. The second-order valence-electron chi connectivity index (χ2n) is 9.60. The van der Waals surface area contributed by atoms with Crippen LogP contribution in [0.3, 0.4) is 0 Å². The van der Waals surface area contributed by atoms with Gasteiger partial charge in [0.25, 0.3) is 0 Å². The lowest BCUT2D eigenvalue weighted by Gasteiger charge is -2.29. The van der Waals surface area contributed by atoms with Gasteiger partial charge in [0.1, 0.15) is 16.7 Å². The van der Waals surface area contributed by atoms with Gasteiger partial charge in [0, 0.05) is 17.8 Å². The molecule has 1 heterocycles. The summed E-state index contributed by atoms with van der Waals surface area (Å²) in [7, 11) is 1.85. The molecule has 1 aromatic heterocycles. The molecule has 0 saturated carbocycles. The number of rotatable bonds is 12. The van der Waals surface area contributed by atoms with Crippen molar-refractivity contribution in [3.8, 4) is 0 Å². The fourth-order valence-electron chi connectivity index (χ4n) is 3.20. The molecule has 34 heavy (non-hydrogen) atoms. The maximum absolute atomic E-state index is 13.3. The smallest absolute Gasteiger partial charge is 0.408 e. The summed E-state index contributed by atoms with van der Waals surface area (Å²) >= 11 is 1.24. The molecule has 0 fully saturated rings. The molecule has 1 rings (SSSR count). The van der Waals surface area contributed by atoms with Crippen molar-refractivity contribution in [3.63, 3.8) is 0 Å². The van der Waals surface area contributed by atoms with E-state index < -0.39 is 35.8 Å². The van der Waals surface area contributed by atoms with E-state index in [1.54, 1.807) is 33.1 Å². The maximum Gasteiger partial charge on any atom is 0.408 e. The van der Waals surface area contributed by atoms with Crippen LogP contribution >= 0.6 is 11.3 Å². The van der Waals surface area contributed by atoms with Gasteiger partial charge in [-0.3, -0.25) is 0 Å². The second kappa shape index (κ2) is 13.6. The van der Waals surface area contributed by atoms with Gasteiger partial charge in [-0.2, -0.15) is 0 Å². The van der Waals surface area contributed by atoms with Crippen LogP contribution < -0.4 is 10.6 Å². The molecule has 1 aromatic rings. The van der Waals surface area contributed by atoms with Crippen molar-refractivity contribution in [2.24, 2.45) is 11.8 Å². The van der Waals surface area contributed by atoms with Crippen LogP contribution in [0.25, 0.3) is 0 Å². The number of nitrogens with zero attached hydrogens (tertiary/aromatic N) is 1. The van der Waals surface area contributed by atoms with Crippen LogP contribution in [0.5, 0.6) is 0 Å². The van der Waals surface area contributed by atoms with Crippen molar-refractivity contribution >= 4 is 29.4 Å². The highest BCUT2D eigenvalue weighted by atomic mass is 32.1. The molecule has 9 nitrogen and oxygen atoms in total.